The number of hydrazine groups is 1. The number of nitrogens with zero attached hydrogens (tertiary/aromatic N) is 2. The van der Waals surface area contributed by atoms with Crippen LogP contribution in [0.15, 0.2) is 42.7 Å². The number of aryl methyl sites for hydroxylation is 1. The van der Waals surface area contributed by atoms with Crippen molar-refractivity contribution in [2.24, 2.45) is 5.92 Å². The molecule has 1 unspecified atom stereocenters. The van der Waals surface area contributed by atoms with Crippen molar-refractivity contribution in [3.05, 3.63) is 70.5 Å². The smallest absolute Gasteiger partial charge is 0.262 e. The van der Waals surface area contributed by atoms with Gasteiger partial charge in [-0.15, -0.1) is 0 Å². The molecule has 32 heavy (non-hydrogen) atoms. The van der Waals surface area contributed by atoms with Crippen LogP contribution in [0.3, 0.4) is 0 Å². The molecule has 6 nitrogen and oxygen atoms in total. The first kappa shape index (κ1) is 20.8. The molecule has 3 aromatic rings. The fourth-order valence-corrected chi connectivity index (χ4v) is 4.23. The van der Waals surface area contributed by atoms with Gasteiger partial charge in [0.1, 0.15) is 17.2 Å². The van der Waals surface area contributed by atoms with Crippen molar-refractivity contribution in [2.45, 2.75) is 31.7 Å². The lowest BCUT2D eigenvalue weighted by molar-refractivity contribution is 0.101. The summed E-state index contributed by atoms with van der Waals surface area (Å²) in [6.45, 7) is 0. The van der Waals surface area contributed by atoms with E-state index in [0.29, 0.717) is 16.8 Å². The maximum atomic E-state index is 13.8. The van der Waals surface area contributed by atoms with Crippen molar-refractivity contribution in [3.63, 3.8) is 0 Å². The van der Waals surface area contributed by atoms with Gasteiger partial charge in [-0.3, -0.25) is 9.78 Å². The maximum Gasteiger partial charge on any atom is 0.262 e. The summed E-state index contributed by atoms with van der Waals surface area (Å²) in [6, 6.07) is 7.55. The summed E-state index contributed by atoms with van der Waals surface area (Å²) in [7, 11) is 0. The second-order valence-electron chi connectivity index (χ2n) is 8.08. The van der Waals surface area contributed by atoms with Gasteiger partial charge in [-0.25, -0.2) is 19.2 Å². The molecule has 1 aromatic heterocycles. The molecule has 1 atom stereocenters. The van der Waals surface area contributed by atoms with Gasteiger partial charge in [0, 0.05) is 11.6 Å². The molecule has 5 rings (SSSR count). The lowest BCUT2D eigenvalue weighted by Crippen LogP contribution is -2.34. The van der Waals surface area contributed by atoms with Crippen molar-refractivity contribution >= 4 is 29.0 Å². The van der Waals surface area contributed by atoms with Gasteiger partial charge in [-0.1, -0.05) is 17.7 Å². The van der Waals surface area contributed by atoms with Crippen LogP contribution in [0.5, 0.6) is 0 Å². The summed E-state index contributed by atoms with van der Waals surface area (Å²) in [5.41, 5.74) is 9.37. The molecular weight excluding hydrogens is 436 g/mol. The van der Waals surface area contributed by atoms with Crippen molar-refractivity contribution < 1.29 is 13.6 Å². The summed E-state index contributed by atoms with van der Waals surface area (Å²) in [6.07, 6.45) is 7.28. The Labute approximate surface area is 188 Å². The van der Waals surface area contributed by atoms with E-state index in [2.05, 4.69) is 26.1 Å². The number of hydrogen-bond acceptors (Lipinski definition) is 5. The number of rotatable bonds is 4. The Bertz CT molecular complexity index is 1160. The fourth-order valence-electron chi connectivity index (χ4n) is 3.97. The third-order valence-corrected chi connectivity index (χ3v) is 6.17. The number of amides is 1. The summed E-state index contributed by atoms with van der Waals surface area (Å²) in [4.78, 5) is 20.8. The minimum atomic E-state index is -0.948. The van der Waals surface area contributed by atoms with Crippen LogP contribution in [-0.4, -0.2) is 21.9 Å². The van der Waals surface area contributed by atoms with E-state index >= 15 is 0 Å². The zero-order chi connectivity index (χ0) is 22.2. The molecule has 0 bridgehead atoms. The minimum absolute atomic E-state index is 0.0745. The van der Waals surface area contributed by atoms with Crippen LogP contribution in [0, 0.1) is 17.6 Å². The molecule has 0 radical (unpaired) electrons. The van der Waals surface area contributed by atoms with Gasteiger partial charge in [0.15, 0.2) is 5.82 Å². The van der Waals surface area contributed by atoms with Crippen LogP contribution in [0.25, 0.3) is 11.3 Å². The number of hydrogen-bond donors (Lipinski definition) is 3. The highest BCUT2D eigenvalue weighted by Crippen LogP contribution is 2.38. The quantitative estimate of drug-likeness (QED) is 0.517. The standard InChI is InChI=1S/C23H20ClF2N5O/c24-15-9-19-13(6-7-18(30-31-19)12-4-5-12)8-14(15)20-10-28-21(11-27-20)29-23(32)22-16(25)2-1-3-17(22)26/h1-3,8-12,18,30-31H,4-7H2,(H,28,29,32). The molecule has 1 amide bonds. The Morgan fingerprint density at radius 1 is 1.09 bits per heavy atom. The molecule has 2 aliphatic rings. The zero-order valence-electron chi connectivity index (χ0n) is 17.0. The van der Waals surface area contributed by atoms with Crippen molar-refractivity contribution in [2.75, 3.05) is 10.7 Å². The first-order chi connectivity index (χ1) is 15.5. The highest BCUT2D eigenvalue weighted by atomic mass is 35.5. The molecule has 2 heterocycles. The fraction of sp³-hybridized carbons (Fsp3) is 0.261. The normalized spacial score (nSPS) is 17.8. The molecule has 1 saturated carbocycles. The predicted molar refractivity (Wildman–Crippen MR) is 118 cm³/mol. The van der Waals surface area contributed by atoms with Crippen molar-refractivity contribution in [3.8, 4) is 11.3 Å². The summed E-state index contributed by atoms with van der Waals surface area (Å²) in [5.74, 6) is -2.02. The molecular formula is C23H20ClF2N5O. The number of benzene rings is 2. The average Bonchev–Trinajstić information content (AvgIpc) is 3.61. The Morgan fingerprint density at radius 2 is 1.88 bits per heavy atom. The summed E-state index contributed by atoms with van der Waals surface area (Å²) >= 11 is 6.51. The highest BCUT2D eigenvalue weighted by Gasteiger charge is 2.32. The molecule has 1 aliphatic carbocycles. The van der Waals surface area contributed by atoms with E-state index in [1.165, 1.54) is 31.3 Å². The third kappa shape index (κ3) is 4.16. The van der Waals surface area contributed by atoms with Crippen LogP contribution in [0.2, 0.25) is 5.02 Å². The van der Waals surface area contributed by atoms with E-state index in [0.717, 1.165) is 47.7 Å². The maximum absolute atomic E-state index is 13.8. The van der Waals surface area contributed by atoms with Gasteiger partial charge in [0.2, 0.25) is 0 Å². The van der Waals surface area contributed by atoms with Gasteiger partial charge in [0.05, 0.1) is 28.8 Å². The third-order valence-electron chi connectivity index (χ3n) is 5.86. The van der Waals surface area contributed by atoms with Crippen LogP contribution in [0.1, 0.15) is 35.2 Å². The lowest BCUT2D eigenvalue weighted by atomic mass is 9.99. The van der Waals surface area contributed by atoms with Crippen LogP contribution in [0.4, 0.5) is 20.3 Å². The first-order valence-corrected chi connectivity index (χ1v) is 10.8. The molecule has 0 spiro atoms. The Balaban J connectivity index is 1.35. The molecule has 9 heteroatoms. The average molecular weight is 456 g/mol. The number of aromatic nitrogens is 2. The molecule has 0 saturated heterocycles. The zero-order valence-corrected chi connectivity index (χ0v) is 17.7. The molecule has 2 aromatic carbocycles. The Hall–Kier alpha value is -3.10. The van der Waals surface area contributed by atoms with E-state index in [1.54, 1.807) is 0 Å². The lowest BCUT2D eigenvalue weighted by Gasteiger charge is -2.15. The second kappa shape index (κ2) is 8.44. The predicted octanol–water partition coefficient (Wildman–Crippen LogP) is 4.97. The number of halogens is 3. The number of carbonyl (C=O) groups is 1. The van der Waals surface area contributed by atoms with E-state index in [4.69, 9.17) is 11.6 Å². The largest absolute Gasteiger partial charge is 0.321 e. The monoisotopic (exact) mass is 455 g/mol. The molecule has 3 N–H and O–H groups in total. The second-order valence-corrected chi connectivity index (χ2v) is 8.49. The van der Waals surface area contributed by atoms with E-state index < -0.39 is 23.1 Å². The van der Waals surface area contributed by atoms with Gasteiger partial charge in [0.25, 0.3) is 5.91 Å². The van der Waals surface area contributed by atoms with E-state index in [1.807, 2.05) is 12.1 Å². The molecule has 1 aliphatic heterocycles. The van der Waals surface area contributed by atoms with E-state index in [9.17, 15) is 13.6 Å². The van der Waals surface area contributed by atoms with Crippen molar-refractivity contribution in [1.29, 1.82) is 0 Å². The van der Waals surface area contributed by atoms with E-state index in [-0.39, 0.29) is 5.82 Å². The SMILES string of the molecule is O=C(Nc1cnc(-c2cc3c(cc2Cl)NNC(C2CC2)CC3)cn1)c1c(F)cccc1F. The van der Waals surface area contributed by atoms with Gasteiger partial charge >= 0.3 is 0 Å². The summed E-state index contributed by atoms with van der Waals surface area (Å²) in [5, 5.41) is 2.89. The summed E-state index contributed by atoms with van der Waals surface area (Å²) < 4.78 is 27.6. The molecule has 1 fully saturated rings. The van der Waals surface area contributed by atoms with Crippen LogP contribution >= 0.6 is 11.6 Å². The Kier molecular flexibility index (Phi) is 5.48. The van der Waals surface area contributed by atoms with Crippen LogP contribution in [-0.2, 0) is 6.42 Å². The minimum Gasteiger partial charge on any atom is -0.321 e. The first-order valence-electron chi connectivity index (χ1n) is 10.4. The topological polar surface area (TPSA) is 78.9 Å². The number of nitrogens with one attached hydrogen (secondary N) is 3. The number of fused-ring (bicyclic) bond motifs is 1. The highest BCUT2D eigenvalue weighted by molar-refractivity contribution is 6.33. The van der Waals surface area contributed by atoms with Crippen LogP contribution < -0.4 is 16.2 Å². The Morgan fingerprint density at radius 3 is 2.56 bits per heavy atom. The molecule has 164 valence electrons. The van der Waals surface area contributed by atoms with Gasteiger partial charge in [-0.05, 0) is 61.4 Å². The van der Waals surface area contributed by atoms with Crippen molar-refractivity contribution in [1.82, 2.24) is 15.4 Å². The number of carbonyl (C=O) groups excluding carboxylic acids is 1. The number of anilines is 2. The van der Waals surface area contributed by atoms with Gasteiger partial charge < -0.3 is 10.7 Å². The van der Waals surface area contributed by atoms with Gasteiger partial charge in [-0.2, -0.15) is 0 Å².